The number of likely N-dealkylation sites (N-methyl/N-ethyl adjacent to an activating group) is 1. The number of carbonyl (C=O) groups is 1. The van der Waals surface area contributed by atoms with Crippen molar-refractivity contribution in [2.75, 3.05) is 38.1 Å². The summed E-state index contributed by atoms with van der Waals surface area (Å²) in [5.74, 6) is 0.361. The summed E-state index contributed by atoms with van der Waals surface area (Å²) < 4.78 is 27.5. The summed E-state index contributed by atoms with van der Waals surface area (Å²) in [6, 6.07) is 16.4. The number of anilines is 1. The molecule has 6 nitrogen and oxygen atoms in total. The molecular weight excluding hydrogens is 398 g/mol. The summed E-state index contributed by atoms with van der Waals surface area (Å²) in [4.78, 5) is 16.9. The Morgan fingerprint density at radius 2 is 1.47 bits per heavy atom. The van der Waals surface area contributed by atoms with E-state index in [-0.39, 0.29) is 11.9 Å². The van der Waals surface area contributed by atoms with Crippen LogP contribution in [-0.2, 0) is 14.8 Å². The van der Waals surface area contributed by atoms with Crippen LogP contribution in [0.4, 0.5) is 5.69 Å². The molecule has 2 aromatic carbocycles. The van der Waals surface area contributed by atoms with Gasteiger partial charge in [0.2, 0.25) is 15.9 Å². The molecule has 0 N–H and O–H groups in total. The lowest BCUT2D eigenvalue weighted by atomic mass is 10.0. The highest BCUT2D eigenvalue weighted by molar-refractivity contribution is 7.89. The van der Waals surface area contributed by atoms with Crippen LogP contribution >= 0.6 is 0 Å². The molecule has 1 heterocycles. The van der Waals surface area contributed by atoms with Gasteiger partial charge >= 0.3 is 0 Å². The zero-order valence-corrected chi connectivity index (χ0v) is 19.0. The van der Waals surface area contributed by atoms with Crippen molar-refractivity contribution in [2.24, 2.45) is 0 Å². The predicted molar refractivity (Wildman–Crippen MR) is 120 cm³/mol. The number of amides is 1. The van der Waals surface area contributed by atoms with Gasteiger partial charge in [-0.2, -0.15) is 4.31 Å². The molecule has 3 rings (SSSR count). The van der Waals surface area contributed by atoms with Crippen molar-refractivity contribution in [3.8, 4) is 0 Å². The van der Waals surface area contributed by atoms with Crippen molar-refractivity contribution < 1.29 is 13.2 Å². The van der Waals surface area contributed by atoms with E-state index in [4.69, 9.17) is 0 Å². The topological polar surface area (TPSA) is 60.9 Å². The number of sulfonamides is 1. The van der Waals surface area contributed by atoms with Crippen LogP contribution < -0.4 is 4.90 Å². The molecule has 0 unspecified atom stereocenters. The van der Waals surface area contributed by atoms with E-state index in [1.54, 1.807) is 24.1 Å². The first-order valence-electron chi connectivity index (χ1n) is 10.4. The van der Waals surface area contributed by atoms with Gasteiger partial charge in [0.1, 0.15) is 0 Å². The van der Waals surface area contributed by atoms with Crippen LogP contribution in [0.3, 0.4) is 0 Å². The molecule has 1 amide bonds. The van der Waals surface area contributed by atoms with Crippen molar-refractivity contribution in [2.45, 2.75) is 37.6 Å². The van der Waals surface area contributed by atoms with Gasteiger partial charge in [-0.25, -0.2) is 8.42 Å². The molecule has 0 spiro atoms. The average Bonchev–Trinajstić information content (AvgIpc) is 2.78. The largest absolute Gasteiger partial charge is 0.314 e. The fraction of sp³-hybridized carbons (Fsp3) is 0.435. The molecule has 1 aliphatic heterocycles. The number of para-hydroxylation sites is 1. The van der Waals surface area contributed by atoms with Crippen molar-refractivity contribution in [3.63, 3.8) is 0 Å². The van der Waals surface area contributed by atoms with E-state index in [0.29, 0.717) is 37.0 Å². The van der Waals surface area contributed by atoms with Gasteiger partial charge in [-0.15, -0.1) is 0 Å². The second-order valence-electron chi connectivity index (χ2n) is 8.07. The number of rotatable bonds is 6. The molecule has 2 aromatic rings. The maximum Gasteiger partial charge on any atom is 0.243 e. The minimum atomic E-state index is -3.52. The second-order valence-corrected chi connectivity index (χ2v) is 10.0. The normalized spacial score (nSPS) is 17.1. The standard InChI is InChI=1S/C23H31N3O3S/c1-18(2)20-10-12-22(13-11-20)30(28,29)26-16-14-25(15-17-26)19(3)23(27)24(4)21-8-6-5-7-9-21/h5-13,18-19H,14-17H2,1-4H3/t19-/m0/s1. The quantitative estimate of drug-likeness (QED) is 0.708. The fourth-order valence-corrected chi connectivity index (χ4v) is 5.14. The van der Waals surface area contributed by atoms with Crippen LogP contribution in [0.2, 0.25) is 0 Å². The van der Waals surface area contributed by atoms with Gasteiger partial charge in [-0.1, -0.05) is 44.2 Å². The third-order valence-electron chi connectivity index (χ3n) is 5.84. The molecule has 0 aliphatic carbocycles. The third kappa shape index (κ3) is 4.74. The van der Waals surface area contributed by atoms with Crippen molar-refractivity contribution in [3.05, 3.63) is 60.2 Å². The zero-order chi connectivity index (χ0) is 21.9. The Kier molecular flexibility index (Phi) is 6.95. The number of nitrogens with zero attached hydrogens (tertiary/aromatic N) is 3. The van der Waals surface area contributed by atoms with Gasteiger partial charge in [-0.05, 0) is 42.7 Å². The predicted octanol–water partition coefficient (Wildman–Crippen LogP) is 3.17. The Labute approximate surface area is 180 Å². The van der Waals surface area contributed by atoms with Crippen molar-refractivity contribution in [1.82, 2.24) is 9.21 Å². The van der Waals surface area contributed by atoms with E-state index in [0.717, 1.165) is 11.3 Å². The molecule has 0 bridgehead atoms. The van der Waals surface area contributed by atoms with Gasteiger partial charge in [0.05, 0.1) is 10.9 Å². The van der Waals surface area contributed by atoms with Crippen molar-refractivity contribution >= 4 is 21.6 Å². The molecule has 162 valence electrons. The van der Waals surface area contributed by atoms with Gasteiger partial charge < -0.3 is 4.90 Å². The van der Waals surface area contributed by atoms with E-state index >= 15 is 0 Å². The summed E-state index contributed by atoms with van der Waals surface area (Å²) >= 11 is 0. The first-order valence-corrected chi connectivity index (χ1v) is 11.8. The Morgan fingerprint density at radius 1 is 0.900 bits per heavy atom. The van der Waals surface area contributed by atoms with Gasteiger partial charge in [0, 0.05) is 38.9 Å². The maximum absolute atomic E-state index is 13.0. The van der Waals surface area contributed by atoms with Crippen molar-refractivity contribution in [1.29, 1.82) is 0 Å². The molecule has 1 aliphatic rings. The third-order valence-corrected chi connectivity index (χ3v) is 7.75. The summed E-state index contributed by atoms with van der Waals surface area (Å²) in [7, 11) is -1.75. The molecule has 0 aromatic heterocycles. The van der Waals surface area contributed by atoms with Crippen LogP contribution in [0.5, 0.6) is 0 Å². The van der Waals surface area contributed by atoms with Gasteiger partial charge in [0.25, 0.3) is 0 Å². The maximum atomic E-state index is 13.0. The van der Waals surface area contributed by atoms with Crippen LogP contribution in [0, 0.1) is 0 Å². The highest BCUT2D eigenvalue weighted by Crippen LogP contribution is 2.22. The summed E-state index contributed by atoms with van der Waals surface area (Å²) in [6.07, 6.45) is 0. The van der Waals surface area contributed by atoms with E-state index < -0.39 is 10.0 Å². The Hall–Kier alpha value is -2.22. The van der Waals surface area contributed by atoms with E-state index in [2.05, 4.69) is 18.7 Å². The van der Waals surface area contributed by atoms with E-state index in [1.165, 1.54) is 4.31 Å². The molecule has 1 saturated heterocycles. The first kappa shape index (κ1) is 22.5. The van der Waals surface area contributed by atoms with E-state index in [9.17, 15) is 13.2 Å². The average molecular weight is 430 g/mol. The Bertz CT molecular complexity index is 951. The molecule has 30 heavy (non-hydrogen) atoms. The number of benzene rings is 2. The van der Waals surface area contributed by atoms with Crippen LogP contribution in [0.25, 0.3) is 0 Å². The molecule has 0 saturated carbocycles. The Morgan fingerprint density at radius 3 is 2.00 bits per heavy atom. The Balaban J connectivity index is 1.62. The van der Waals surface area contributed by atoms with Gasteiger partial charge in [0.15, 0.2) is 0 Å². The minimum absolute atomic E-state index is 0.00165. The summed E-state index contributed by atoms with van der Waals surface area (Å²) in [5, 5.41) is 0. The molecule has 7 heteroatoms. The fourth-order valence-electron chi connectivity index (χ4n) is 3.72. The van der Waals surface area contributed by atoms with Crippen LogP contribution in [0.15, 0.2) is 59.5 Å². The lowest BCUT2D eigenvalue weighted by molar-refractivity contribution is -0.123. The number of hydrogen-bond donors (Lipinski definition) is 0. The SMILES string of the molecule is CC(C)c1ccc(S(=O)(=O)N2CCN([C@@H](C)C(=O)N(C)c3ccccc3)CC2)cc1. The molecule has 1 fully saturated rings. The van der Waals surface area contributed by atoms with E-state index in [1.807, 2.05) is 49.4 Å². The molecular formula is C23H31N3O3S. The smallest absolute Gasteiger partial charge is 0.243 e. The molecule has 0 radical (unpaired) electrons. The monoisotopic (exact) mass is 429 g/mol. The second kappa shape index (κ2) is 9.29. The lowest BCUT2D eigenvalue weighted by Crippen LogP contribution is -2.55. The molecule has 1 atom stereocenters. The van der Waals surface area contributed by atoms with Crippen LogP contribution in [0.1, 0.15) is 32.3 Å². The zero-order valence-electron chi connectivity index (χ0n) is 18.2. The minimum Gasteiger partial charge on any atom is -0.314 e. The summed E-state index contributed by atoms with van der Waals surface area (Å²) in [5.41, 5.74) is 1.97. The number of piperazine rings is 1. The first-order chi connectivity index (χ1) is 14.2. The lowest BCUT2D eigenvalue weighted by Gasteiger charge is -2.37. The highest BCUT2D eigenvalue weighted by atomic mass is 32.2. The highest BCUT2D eigenvalue weighted by Gasteiger charge is 2.32. The number of hydrogen-bond acceptors (Lipinski definition) is 4. The summed E-state index contributed by atoms with van der Waals surface area (Å²) in [6.45, 7) is 7.86. The number of carbonyl (C=O) groups excluding carboxylic acids is 1. The van der Waals surface area contributed by atoms with Crippen LogP contribution in [-0.4, -0.2) is 62.8 Å². The van der Waals surface area contributed by atoms with Gasteiger partial charge in [-0.3, -0.25) is 9.69 Å².